The first kappa shape index (κ1) is 11.0. The van der Waals surface area contributed by atoms with Crippen molar-refractivity contribution in [3.05, 3.63) is 0 Å². The molecule has 1 heteroatoms. The number of hydrogen-bond acceptors (Lipinski definition) is 1. The SMILES string of the molecule is CCCC[C@H]1C(C)OCCC1(C)C. The first-order chi connectivity index (χ1) is 6.08. The molecule has 0 N–H and O–H groups in total. The van der Waals surface area contributed by atoms with Crippen LogP contribution in [0.1, 0.15) is 53.4 Å². The van der Waals surface area contributed by atoms with Crippen molar-refractivity contribution < 1.29 is 4.74 Å². The van der Waals surface area contributed by atoms with Gasteiger partial charge in [0.1, 0.15) is 0 Å². The lowest BCUT2D eigenvalue weighted by Crippen LogP contribution is -2.40. The summed E-state index contributed by atoms with van der Waals surface area (Å²) in [5.74, 6) is 0.765. The van der Waals surface area contributed by atoms with Crippen molar-refractivity contribution in [2.75, 3.05) is 6.61 Å². The highest BCUT2D eigenvalue weighted by atomic mass is 16.5. The number of rotatable bonds is 3. The third-order valence-electron chi connectivity index (χ3n) is 3.57. The minimum atomic E-state index is 0.468. The van der Waals surface area contributed by atoms with E-state index >= 15 is 0 Å². The Morgan fingerprint density at radius 3 is 2.62 bits per heavy atom. The summed E-state index contributed by atoms with van der Waals surface area (Å²) in [5, 5.41) is 0. The van der Waals surface area contributed by atoms with Gasteiger partial charge in [0.15, 0.2) is 0 Å². The molecule has 78 valence electrons. The molecule has 1 rings (SSSR count). The zero-order valence-corrected chi connectivity index (χ0v) is 9.60. The van der Waals surface area contributed by atoms with E-state index in [0.29, 0.717) is 11.5 Å². The largest absolute Gasteiger partial charge is 0.378 e. The molecular weight excluding hydrogens is 160 g/mol. The number of ether oxygens (including phenoxy) is 1. The van der Waals surface area contributed by atoms with Crippen LogP contribution in [0.5, 0.6) is 0 Å². The summed E-state index contributed by atoms with van der Waals surface area (Å²) >= 11 is 0. The summed E-state index contributed by atoms with van der Waals surface area (Å²) in [4.78, 5) is 0. The minimum absolute atomic E-state index is 0.468. The van der Waals surface area contributed by atoms with Gasteiger partial charge in [0.25, 0.3) is 0 Å². The minimum Gasteiger partial charge on any atom is -0.378 e. The van der Waals surface area contributed by atoms with Crippen LogP contribution >= 0.6 is 0 Å². The Morgan fingerprint density at radius 2 is 2.08 bits per heavy atom. The highest BCUT2D eigenvalue weighted by Crippen LogP contribution is 2.40. The standard InChI is InChI=1S/C12H24O/c1-5-6-7-11-10(2)13-9-8-12(11,3)4/h10-11H,5-9H2,1-4H3/t10?,11-/m0/s1. The van der Waals surface area contributed by atoms with E-state index in [1.54, 1.807) is 0 Å². The maximum Gasteiger partial charge on any atom is 0.0580 e. The molecule has 0 aliphatic carbocycles. The van der Waals surface area contributed by atoms with Gasteiger partial charge in [-0.1, -0.05) is 33.6 Å². The van der Waals surface area contributed by atoms with Crippen molar-refractivity contribution in [3.8, 4) is 0 Å². The second-order valence-electron chi connectivity index (χ2n) is 5.06. The fourth-order valence-corrected chi connectivity index (χ4v) is 2.49. The number of unbranched alkanes of at least 4 members (excludes halogenated alkanes) is 1. The summed E-state index contributed by atoms with van der Waals surface area (Å²) < 4.78 is 5.72. The molecule has 0 spiro atoms. The van der Waals surface area contributed by atoms with Crippen LogP contribution in [-0.2, 0) is 4.74 Å². The average molecular weight is 184 g/mol. The lowest BCUT2D eigenvalue weighted by molar-refractivity contribution is -0.0828. The Hall–Kier alpha value is -0.0400. The van der Waals surface area contributed by atoms with Gasteiger partial charge in [0.2, 0.25) is 0 Å². The molecule has 0 amide bonds. The number of hydrogen-bond donors (Lipinski definition) is 0. The highest BCUT2D eigenvalue weighted by molar-refractivity contribution is 4.85. The van der Waals surface area contributed by atoms with E-state index in [2.05, 4.69) is 27.7 Å². The molecular formula is C12H24O. The third-order valence-corrected chi connectivity index (χ3v) is 3.57. The predicted octanol–water partition coefficient (Wildman–Crippen LogP) is 3.63. The maximum atomic E-state index is 5.72. The second kappa shape index (κ2) is 4.45. The van der Waals surface area contributed by atoms with E-state index in [1.165, 1.54) is 25.7 Å². The Bertz CT molecular complexity index is 151. The molecule has 0 aromatic heterocycles. The van der Waals surface area contributed by atoms with Crippen LogP contribution in [0.25, 0.3) is 0 Å². The molecule has 1 aliphatic rings. The Labute approximate surface area is 82.9 Å². The molecule has 2 atom stereocenters. The van der Waals surface area contributed by atoms with Crippen LogP contribution in [0.3, 0.4) is 0 Å². The quantitative estimate of drug-likeness (QED) is 0.651. The molecule has 1 fully saturated rings. The summed E-state index contributed by atoms with van der Waals surface area (Å²) in [7, 11) is 0. The third kappa shape index (κ3) is 2.70. The topological polar surface area (TPSA) is 9.23 Å². The van der Waals surface area contributed by atoms with Crippen molar-refractivity contribution in [1.29, 1.82) is 0 Å². The van der Waals surface area contributed by atoms with Crippen LogP contribution in [0.2, 0.25) is 0 Å². The monoisotopic (exact) mass is 184 g/mol. The fraction of sp³-hybridized carbons (Fsp3) is 1.00. The van der Waals surface area contributed by atoms with E-state index in [0.717, 1.165) is 12.5 Å². The Kier molecular flexibility index (Phi) is 3.78. The van der Waals surface area contributed by atoms with Gasteiger partial charge in [-0.15, -0.1) is 0 Å². The summed E-state index contributed by atoms with van der Waals surface area (Å²) in [6, 6.07) is 0. The molecule has 1 heterocycles. The van der Waals surface area contributed by atoms with E-state index in [9.17, 15) is 0 Å². The van der Waals surface area contributed by atoms with Crippen LogP contribution in [-0.4, -0.2) is 12.7 Å². The molecule has 1 aliphatic heterocycles. The summed E-state index contributed by atoms with van der Waals surface area (Å²) in [6.07, 6.45) is 5.69. The summed E-state index contributed by atoms with van der Waals surface area (Å²) in [5.41, 5.74) is 0.493. The normalized spacial score (nSPS) is 33.2. The van der Waals surface area contributed by atoms with Crippen molar-refractivity contribution in [2.24, 2.45) is 11.3 Å². The molecule has 0 saturated carbocycles. The molecule has 0 bridgehead atoms. The molecule has 0 aromatic carbocycles. The maximum absolute atomic E-state index is 5.72. The van der Waals surface area contributed by atoms with Crippen molar-refractivity contribution in [3.63, 3.8) is 0 Å². The van der Waals surface area contributed by atoms with Crippen molar-refractivity contribution in [1.82, 2.24) is 0 Å². The van der Waals surface area contributed by atoms with E-state index in [-0.39, 0.29) is 0 Å². The highest BCUT2D eigenvalue weighted by Gasteiger charge is 2.36. The zero-order valence-electron chi connectivity index (χ0n) is 9.60. The fourth-order valence-electron chi connectivity index (χ4n) is 2.49. The van der Waals surface area contributed by atoms with Gasteiger partial charge in [-0.2, -0.15) is 0 Å². The van der Waals surface area contributed by atoms with Crippen LogP contribution in [0, 0.1) is 11.3 Å². The first-order valence-corrected chi connectivity index (χ1v) is 5.69. The van der Waals surface area contributed by atoms with Crippen LogP contribution in [0.15, 0.2) is 0 Å². The van der Waals surface area contributed by atoms with Gasteiger partial charge >= 0.3 is 0 Å². The lowest BCUT2D eigenvalue weighted by Gasteiger charge is -2.43. The van der Waals surface area contributed by atoms with Gasteiger partial charge in [0.05, 0.1) is 6.10 Å². The molecule has 13 heavy (non-hydrogen) atoms. The van der Waals surface area contributed by atoms with Crippen molar-refractivity contribution in [2.45, 2.75) is 59.5 Å². The molecule has 1 unspecified atom stereocenters. The zero-order chi connectivity index (χ0) is 9.90. The molecule has 0 aromatic rings. The van der Waals surface area contributed by atoms with Gasteiger partial charge in [-0.25, -0.2) is 0 Å². The van der Waals surface area contributed by atoms with Gasteiger partial charge in [-0.3, -0.25) is 0 Å². The van der Waals surface area contributed by atoms with Gasteiger partial charge in [0, 0.05) is 6.61 Å². The first-order valence-electron chi connectivity index (χ1n) is 5.69. The summed E-state index contributed by atoms with van der Waals surface area (Å²) in [6.45, 7) is 10.2. The molecule has 1 nitrogen and oxygen atoms in total. The Morgan fingerprint density at radius 1 is 1.38 bits per heavy atom. The Balaban J connectivity index is 2.52. The molecule has 0 radical (unpaired) electrons. The molecule has 1 saturated heterocycles. The van der Waals surface area contributed by atoms with Crippen molar-refractivity contribution >= 4 is 0 Å². The van der Waals surface area contributed by atoms with E-state index < -0.39 is 0 Å². The van der Waals surface area contributed by atoms with E-state index in [1.807, 2.05) is 0 Å². The lowest BCUT2D eigenvalue weighted by atomic mass is 9.70. The van der Waals surface area contributed by atoms with Gasteiger partial charge in [-0.05, 0) is 31.1 Å². The van der Waals surface area contributed by atoms with Gasteiger partial charge < -0.3 is 4.74 Å². The second-order valence-corrected chi connectivity index (χ2v) is 5.06. The smallest absolute Gasteiger partial charge is 0.0580 e. The predicted molar refractivity (Wildman–Crippen MR) is 56.8 cm³/mol. The van der Waals surface area contributed by atoms with Crippen LogP contribution < -0.4 is 0 Å². The van der Waals surface area contributed by atoms with Crippen LogP contribution in [0.4, 0.5) is 0 Å². The average Bonchev–Trinajstić information content (AvgIpc) is 2.02. The van der Waals surface area contributed by atoms with E-state index in [4.69, 9.17) is 4.74 Å².